The number of hydrogen-bond acceptors (Lipinski definition) is 8. The number of benzene rings is 1. The minimum Gasteiger partial charge on any atom is -0.450 e. The molecule has 9 nitrogen and oxygen atoms in total. The summed E-state index contributed by atoms with van der Waals surface area (Å²) in [5.74, 6) is -0.295. The second-order valence-electron chi connectivity index (χ2n) is 6.19. The topological polar surface area (TPSA) is 114 Å². The van der Waals surface area contributed by atoms with E-state index in [1.807, 2.05) is 38.1 Å². The highest BCUT2D eigenvalue weighted by Crippen LogP contribution is 2.25. The van der Waals surface area contributed by atoms with Gasteiger partial charge < -0.3 is 15.0 Å². The normalized spacial score (nSPS) is 10.4. The van der Waals surface area contributed by atoms with E-state index in [0.717, 1.165) is 29.0 Å². The van der Waals surface area contributed by atoms with E-state index in [9.17, 15) is 14.4 Å². The van der Waals surface area contributed by atoms with Crippen LogP contribution in [0, 0.1) is 6.92 Å². The summed E-state index contributed by atoms with van der Waals surface area (Å²) >= 11 is 2.36. The van der Waals surface area contributed by atoms with Crippen LogP contribution in [0.25, 0.3) is 0 Å². The SMILES string of the molecule is CCCN(CC(=O)Nc1ccccc1C)C(=O)CSc1nnc(NC(=O)OCC)s1. The average Bonchev–Trinajstić information content (AvgIpc) is 3.15. The number of rotatable bonds is 10. The molecule has 1 aromatic heterocycles. The maximum atomic E-state index is 12.6. The van der Waals surface area contributed by atoms with Crippen molar-refractivity contribution in [2.45, 2.75) is 31.5 Å². The summed E-state index contributed by atoms with van der Waals surface area (Å²) < 4.78 is 5.32. The van der Waals surface area contributed by atoms with Crippen molar-refractivity contribution in [3.63, 3.8) is 0 Å². The third-order valence-electron chi connectivity index (χ3n) is 3.81. The van der Waals surface area contributed by atoms with Crippen LogP contribution < -0.4 is 10.6 Å². The predicted molar refractivity (Wildman–Crippen MR) is 118 cm³/mol. The number of nitrogens with one attached hydrogen (secondary N) is 2. The van der Waals surface area contributed by atoms with Crippen LogP contribution in [0.4, 0.5) is 15.6 Å². The van der Waals surface area contributed by atoms with Crippen molar-refractivity contribution < 1.29 is 19.1 Å². The van der Waals surface area contributed by atoms with Crippen LogP contribution in [-0.2, 0) is 14.3 Å². The van der Waals surface area contributed by atoms with Gasteiger partial charge in [0.05, 0.1) is 18.9 Å². The third kappa shape index (κ3) is 7.64. The quantitative estimate of drug-likeness (QED) is 0.420. The van der Waals surface area contributed by atoms with Gasteiger partial charge in [-0.2, -0.15) is 0 Å². The van der Waals surface area contributed by atoms with Crippen molar-refractivity contribution in [2.24, 2.45) is 0 Å². The largest absolute Gasteiger partial charge is 0.450 e. The number of carbonyl (C=O) groups is 3. The van der Waals surface area contributed by atoms with Gasteiger partial charge in [0.1, 0.15) is 0 Å². The molecular formula is C19H25N5O4S2. The van der Waals surface area contributed by atoms with Crippen molar-refractivity contribution in [1.82, 2.24) is 15.1 Å². The van der Waals surface area contributed by atoms with Gasteiger partial charge in [0.15, 0.2) is 4.34 Å². The maximum Gasteiger partial charge on any atom is 0.413 e. The number of thioether (sulfide) groups is 1. The summed E-state index contributed by atoms with van der Waals surface area (Å²) in [7, 11) is 0. The zero-order chi connectivity index (χ0) is 21.9. The molecule has 2 N–H and O–H groups in total. The molecular weight excluding hydrogens is 426 g/mol. The van der Waals surface area contributed by atoms with Crippen LogP contribution in [0.2, 0.25) is 0 Å². The molecule has 0 aliphatic carbocycles. The summed E-state index contributed by atoms with van der Waals surface area (Å²) in [6.07, 6.45) is 0.135. The molecule has 11 heteroatoms. The Morgan fingerprint density at radius 1 is 1.17 bits per heavy atom. The van der Waals surface area contributed by atoms with Gasteiger partial charge in [-0.05, 0) is 31.9 Å². The molecule has 0 bridgehead atoms. The van der Waals surface area contributed by atoms with Gasteiger partial charge in [-0.3, -0.25) is 14.9 Å². The van der Waals surface area contributed by atoms with Gasteiger partial charge in [-0.25, -0.2) is 4.79 Å². The smallest absolute Gasteiger partial charge is 0.413 e. The highest BCUT2D eigenvalue weighted by molar-refractivity contribution is 8.01. The fourth-order valence-electron chi connectivity index (χ4n) is 2.43. The van der Waals surface area contributed by atoms with Gasteiger partial charge in [-0.15, -0.1) is 10.2 Å². The summed E-state index contributed by atoms with van der Waals surface area (Å²) in [6, 6.07) is 7.48. The van der Waals surface area contributed by atoms with Gasteiger partial charge in [-0.1, -0.05) is 48.2 Å². The van der Waals surface area contributed by atoms with E-state index in [2.05, 4.69) is 20.8 Å². The lowest BCUT2D eigenvalue weighted by molar-refractivity contribution is -0.132. The lowest BCUT2D eigenvalue weighted by Crippen LogP contribution is -2.39. The summed E-state index contributed by atoms with van der Waals surface area (Å²) in [5.41, 5.74) is 1.69. The fraction of sp³-hybridized carbons (Fsp3) is 0.421. The Morgan fingerprint density at radius 3 is 2.63 bits per heavy atom. The number of carbonyl (C=O) groups excluding carboxylic acids is 3. The number of anilines is 2. The lowest BCUT2D eigenvalue weighted by atomic mass is 10.2. The molecule has 0 aliphatic rings. The van der Waals surface area contributed by atoms with E-state index in [0.29, 0.717) is 16.0 Å². The van der Waals surface area contributed by atoms with Crippen molar-refractivity contribution >= 4 is 51.8 Å². The Kier molecular flexibility index (Phi) is 9.55. The van der Waals surface area contributed by atoms with Crippen LogP contribution in [-0.4, -0.2) is 58.5 Å². The van der Waals surface area contributed by atoms with E-state index >= 15 is 0 Å². The molecule has 0 radical (unpaired) electrons. The minimum absolute atomic E-state index is 0.0205. The Bertz CT molecular complexity index is 874. The fourth-order valence-corrected chi connectivity index (χ4v) is 4.07. The number of ether oxygens (including phenoxy) is 1. The average molecular weight is 452 g/mol. The van der Waals surface area contributed by atoms with E-state index in [4.69, 9.17) is 4.74 Å². The monoisotopic (exact) mass is 451 g/mol. The van der Waals surface area contributed by atoms with Gasteiger partial charge in [0.2, 0.25) is 16.9 Å². The molecule has 0 atom stereocenters. The van der Waals surface area contributed by atoms with Crippen LogP contribution in [0.5, 0.6) is 0 Å². The van der Waals surface area contributed by atoms with E-state index in [1.165, 1.54) is 16.7 Å². The second-order valence-corrected chi connectivity index (χ2v) is 8.39. The molecule has 0 saturated heterocycles. The molecule has 0 spiro atoms. The van der Waals surface area contributed by atoms with Gasteiger partial charge >= 0.3 is 6.09 Å². The van der Waals surface area contributed by atoms with E-state index in [-0.39, 0.29) is 30.7 Å². The molecule has 0 fully saturated rings. The first-order valence-electron chi connectivity index (χ1n) is 9.46. The molecule has 1 heterocycles. The number of hydrogen-bond donors (Lipinski definition) is 2. The number of para-hydroxylation sites is 1. The molecule has 3 amide bonds. The summed E-state index contributed by atoms with van der Waals surface area (Å²) in [5, 5.41) is 13.4. The number of amides is 3. The van der Waals surface area contributed by atoms with Crippen molar-refractivity contribution in [3.05, 3.63) is 29.8 Å². The highest BCUT2D eigenvalue weighted by atomic mass is 32.2. The van der Waals surface area contributed by atoms with Crippen molar-refractivity contribution in [1.29, 1.82) is 0 Å². The minimum atomic E-state index is -0.602. The Balaban J connectivity index is 1.87. The van der Waals surface area contributed by atoms with Crippen LogP contribution in [0.3, 0.4) is 0 Å². The van der Waals surface area contributed by atoms with Crippen LogP contribution in [0.1, 0.15) is 25.8 Å². The molecule has 30 heavy (non-hydrogen) atoms. The maximum absolute atomic E-state index is 12.6. The Morgan fingerprint density at radius 2 is 1.93 bits per heavy atom. The second kappa shape index (κ2) is 12.1. The molecule has 1 aromatic carbocycles. The molecule has 0 saturated carbocycles. The highest BCUT2D eigenvalue weighted by Gasteiger charge is 2.18. The Labute approximate surface area is 183 Å². The number of aromatic nitrogens is 2. The van der Waals surface area contributed by atoms with Gasteiger partial charge in [0.25, 0.3) is 0 Å². The number of aryl methyl sites for hydroxylation is 1. The zero-order valence-electron chi connectivity index (χ0n) is 17.1. The first-order valence-corrected chi connectivity index (χ1v) is 11.3. The molecule has 2 aromatic rings. The van der Waals surface area contributed by atoms with E-state index < -0.39 is 6.09 Å². The van der Waals surface area contributed by atoms with Crippen LogP contribution in [0.15, 0.2) is 28.6 Å². The van der Waals surface area contributed by atoms with Crippen molar-refractivity contribution in [2.75, 3.05) is 36.1 Å². The van der Waals surface area contributed by atoms with Crippen LogP contribution >= 0.6 is 23.1 Å². The van der Waals surface area contributed by atoms with Gasteiger partial charge in [0, 0.05) is 12.2 Å². The predicted octanol–water partition coefficient (Wildman–Crippen LogP) is 3.38. The zero-order valence-corrected chi connectivity index (χ0v) is 18.8. The Hall–Kier alpha value is -2.66. The van der Waals surface area contributed by atoms with Crippen molar-refractivity contribution in [3.8, 4) is 0 Å². The molecule has 0 aliphatic heterocycles. The summed E-state index contributed by atoms with van der Waals surface area (Å²) in [6.45, 7) is 6.28. The lowest BCUT2D eigenvalue weighted by Gasteiger charge is -2.21. The standard InChI is InChI=1S/C19H25N5O4S2/c1-4-10-24(11-15(25)20-14-9-7-6-8-13(14)3)16(26)12-29-19-23-22-17(30-19)21-18(27)28-5-2/h6-9H,4-5,10-12H2,1-3H3,(H,20,25)(H,21,22,27). The number of nitrogens with zero attached hydrogens (tertiary/aromatic N) is 3. The third-order valence-corrected chi connectivity index (χ3v) is 5.77. The first-order chi connectivity index (χ1) is 14.4. The summed E-state index contributed by atoms with van der Waals surface area (Å²) in [4.78, 5) is 38.0. The molecule has 2 rings (SSSR count). The van der Waals surface area contributed by atoms with E-state index in [1.54, 1.807) is 6.92 Å². The molecule has 0 unspecified atom stereocenters. The molecule has 162 valence electrons. The first kappa shape index (κ1) is 23.6.